The number of imide groups is 1. The van der Waals surface area contributed by atoms with Gasteiger partial charge in [0.1, 0.15) is 5.92 Å². The van der Waals surface area contributed by atoms with E-state index < -0.39 is 23.7 Å². The molecule has 5 heteroatoms. The average molecular weight is 321 g/mol. The molecule has 2 N–H and O–H groups in total. The minimum absolute atomic E-state index is 0.00139. The van der Waals surface area contributed by atoms with Gasteiger partial charge in [0.2, 0.25) is 5.91 Å². The lowest BCUT2D eigenvalue weighted by Gasteiger charge is -2.10. The monoisotopic (exact) mass is 321 g/mol. The van der Waals surface area contributed by atoms with Crippen LogP contribution < -0.4 is 5.32 Å². The zero-order valence-corrected chi connectivity index (χ0v) is 12.7. The van der Waals surface area contributed by atoms with Crippen molar-refractivity contribution < 1.29 is 19.5 Å². The van der Waals surface area contributed by atoms with E-state index in [1.54, 1.807) is 54.6 Å². The molecule has 0 radical (unpaired) electrons. The van der Waals surface area contributed by atoms with Gasteiger partial charge in [-0.15, -0.1) is 0 Å². The van der Waals surface area contributed by atoms with Crippen molar-refractivity contribution in [1.29, 1.82) is 0 Å². The minimum atomic E-state index is -1.35. The zero-order valence-electron chi connectivity index (χ0n) is 12.7. The van der Waals surface area contributed by atoms with Crippen LogP contribution in [-0.2, 0) is 20.8 Å². The van der Waals surface area contributed by atoms with Gasteiger partial charge in [-0.25, -0.2) is 0 Å². The van der Waals surface area contributed by atoms with Crippen molar-refractivity contribution in [3.8, 4) is 11.8 Å². The summed E-state index contributed by atoms with van der Waals surface area (Å²) in [6.45, 7) is 0. The van der Waals surface area contributed by atoms with E-state index in [1.165, 1.54) is 0 Å². The normalized spacial score (nSPS) is 10.8. The van der Waals surface area contributed by atoms with Gasteiger partial charge in [0.05, 0.1) is 0 Å². The van der Waals surface area contributed by atoms with Gasteiger partial charge in [-0.3, -0.25) is 19.7 Å². The van der Waals surface area contributed by atoms with Crippen LogP contribution in [0.15, 0.2) is 60.7 Å². The van der Waals surface area contributed by atoms with E-state index in [2.05, 4.69) is 11.8 Å². The van der Waals surface area contributed by atoms with Crippen molar-refractivity contribution in [3.05, 3.63) is 71.8 Å². The molecule has 2 aromatic carbocycles. The summed E-state index contributed by atoms with van der Waals surface area (Å²) in [6, 6.07) is 17.5. The molecular weight excluding hydrogens is 306 g/mol. The number of aliphatic carboxylic acids is 1. The second-order valence-electron chi connectivity index (χ2n) is 5.01. The molecule has 5 nitrogen and oxygen atoms in total. The highest BCUT2D eigenvalue weighted by Gasteiger charge is 2.27. The molecule has 2 amide bonds. The highest BCUT2D eigenvalue weighted by Crippen LogP contribution is 2.09. The van der Waals surface area contributed by atoms with E-state index in [9.17, 15) is 19.5 Å². The summed E-state index contributed by atoms with van der Waals surface area (Å²) in [6.07, 6.45) is 0.00139. The van der Waals surface area contributed by atoms with Crippen LogP contribution in [0.4, 0.5) is 0 Å². The van der Waals surface area contributed by atoms with E-state index in [0.29, 0.717) is 11.1 Å². The summed E-state index contributed by atoms with van der Waals surface area (Å²) in [5.74, 6) is 0.530. The first kappa shape index (κ1) is 17.0. The molecule has 0 heterocycles. The average Bonchev–Trinajstić information content (AvgIpc) is 2.59. The Balaban J connectivity index is 2.01. The summed E-state index contributed by atoms with van der Waals surface area (Å²) in [5, 5.41) is 11.2. The maximum atomic E-state index is 12.0. The van der Waals surface area contributed by atoms with Crippen molar-refractivity contribution in [2.45, 2.75) is 6.42 Å². The fraction of sp³-hybridized carbons (Fsp3) is 0.105. The number of amides is 2. The molecular formula is C19H15NO4. The third-order valence-electron chi connectivity index (χ3n) is 3.23. The molecule has 0 spiro atoms. The lowest BCUT2D eigenvalue weighted by molar-refractivity contribution is -0.147. The standard InChI is InChI=1S/C19H15NO4/c21-17(12-11-14-7-3-1-4-8-14)20-18(22)16(19(23)24)13-15-9-5-2-6-10-15/h1-10,16H,13H2,(H,23,24)(H,20,21,22). The molecule has 0 aliphatic carbocycles. The van der Waals surface area contributed by atoms with E-state index in [-0.39, 0.29) is 6.42 Å². The van der Waals surface area contributed by atoms with E-state index in [1.807, 2.05) is 11.4 Å². The Labute approximate surface area is 139 Å². The topological polar surface area (TPSA) is 83.5 Å². The largest absolute Gasteiger partial charge is 0.481 e. The Morgan fingerprint density at radius 3 is 2.12 bits per heavy atom. The summed E-state index contributed by atoms with van der Waals surface area (Å²) in [7, 11) is 0. The molecule has 1 atom stereocenters. The lowest BCUT2D eigenvalue weighted by atomic mass is 9.98. The molecule has 0 aliphatic heterocycles. The first-order chi connectivity index (χ1) is 11.6. The molecule has 0 saturated heterocycles. The Hall–Kier alpha value is -3.39. The fourth-order valence-electron chi connectivity index (χ4n) is 2.02. The van der Waals surface area contributed by atoms with Gasteiger partial charge < -0.3 is 5.11 Å². The number of carboxylic acid groups (broad SMARTS) is 1. The van der Waals surface area contributed by atoms with Crippen molar-refractivity contribution in [1.82, 2.24) is 5.32 Å². The Bertz CT molecular complexity index is 788. The van der Waals surface area contributed by atoms with Crippen LogP contribution in [0.2, 0.25) is 0 Å². The van der Waals surface area contributed by atoms with Crippen LogP contribution in [0.25, 0.3) is 0 Å². The van der Waals surface area contributed by atoms with Crippen molar-refractivity contribution in [2.75, 3.05) is 0 Å². The molecule has 1 unspecified atom stereocenters. The maximum Gasteiger partial charge on any atom is 0.316 e. The fourth-order valence-corrected chi connectivity index (χ4v) is 2.02. The predicted octanol–water partition coefficient (Wildman–Crippen LogP) is 1.62. The highest BCUT2D eigenvalue weighted by atomic mass is 16.4. The van der Waals surface area contributed by atoms with Gasteiger partial charge in [-0.05, 0) is 24.1 Å². The lowest BCUT2D eigenvalue weighted by Crippen LogP contribution is -2.39. The quantitative estimate of drug-likeness (QED) is 0.662. The van der Waals surface area contributed by atoms with Gasteiger partial charge in [-0.1, -0.05) is 54.5 Å². The number of benzene rings is 2. The molecule has 0 saturated carbocycles. The van der Waals surface area contributed by atoms with Crippen LogP contribution in [0.1, 0.15) is 11.1 Å². The smallest absolute Gasteiger partial charge is 0.316 e. The summed E-state index contributed by atoms with van der Waals surface area (Å²) >= 11 is 0. The van der Waals surface area contributed by atoms with Crippen LogP contribution in [0, 0.1) is 17.8 Å². The number of nitrogens with one attached hydrogen (secondary N) is 1. The Morgan fingerprint density at radius 2 is 1.54 bits per heavy atom. The second kappa shape index (κ2) is 8.30. The van der Waals surface area contributed by atoms with Crippen molar-refractivity contribution in [3.63, 3.8) is 0 Å². The maximum absolute atomic E-state index is 12.0. The minimum Gasteiger partial charge on any atom is -0.481 e. The number of rotatable bonds is 4. The summed E-state index contributed by atoms with van der Waals surface area (Å²) < 4.78 is 0. The second-order valence-corrected chi connectivity index (χ2v) is 5.01. The number of carbonyl (C=O) groups is 3. The number of hydrogen-bond donors (Lipinski definition) is 2. The van der Waals surface area contributed by atoms with Crippen molar-refractivity contribution in [2.24, 2.45) is 5.92 Å². The van der Waals surface area contributed by atoms with Gasteiger partial charge >= 0.3 is 11.9 Å². The first-order valence-corrected chi connectivity index (χ1v) is 7.25. The third-order valence-corrected chi connectivity index (χ3v) is 3.23. The van der Waals surface area contributed by atoms with Crippen LogP contribution >= 0.6 is 0 Å². The molecule has 0 fully saturated rings. The number of carboxylic acids is 1. The Kier molecular flexibility index (Phi) is 5.87. The highest BCUT2D eigenvalue weighted by molar-refractivity contribution is 6.09. The van der Waals surface area contributed by atoms with Crippen LogP contribution in [0.5, 0.6) is 0 Å². The van der Waals surface area contributed by atoms with Gasteiger partial charge in [0.25, 0.3) is 0 Å². The van der Waals surface area contributed by atoms with E-state index in [4.69, 9.17) is 0 Å². The van der Waals surface area contributed by atoms with Crippen LogP contribution in [-0.4, -0.2) is 22.9 Å². The SMILES string of the molecule is O=C(C#Cc1ccccc1)NC(=O)C(Cc1ccccc1)C(=O)O. The Morgan fingerprint density at radius 1 is 0.958 bits per heavy atom. The predicted molar refractivity (Wildman–Crippen MR) is 87.7 cm³/mol. The molecule has 2 aromatic rings. The van der Waals surface area contributed by atoms with E-state index >= 15 is 0 Å². The zero-order chi connectivity index (χ0) is 17.4. The number of hydrogen-bond acceptors (Lipinski definition) is 3. The third kappa shape index (κ3) is 5.11. The molecule has 0 bridgehead atoms. The van der Waals surface area contributed by atoms with Crippen molar-refractivity contribution >= 4 is 17.8 Å². The molecule has 0 aromatic heterocycles. The van der Waals surface area contributed by atoms with Crippen LogP contribution in [0.3, 0.4) is 0 Å². The molecule has 2 rings (SSSR count). The molecule has 0 aliphatic rings. The molecule has 120 valence electrons. The summed E-state index contributed by atoms with van der Waals surface area (Å²) in [5.41, 5.74) is 1.32. The first-order valence-electron chi connectivity index (χ1n) is 7.25. The van der Waals surface area contributed by atoms with E-state index in [0.717, 1.165) is 0 Å². The summed E-state index contributed by atoms with van der Waals surface area (Å²) in [4.78, 5) is 35.0. The number of carbonyl (C=O) groups excluding carboxylic acids is 2. The van der Waals surface area contributed by atoms with Gasteiger partial charge in [-0.2, -0.15) is 0 Å². The molecule has 24 heavy (non-hydrogen) atoms. The van der Waals surface area contributed by atoms with Gasteiger partial charge in [0, 0.05) is 11.5 Å². The van der Waals surface area contributed by atoms with Gasteiger partial charge in [0.15, 0.2) is 0 Å².